The van der Waals surface area contributed by atoms with E-state index in [4.69, 9.17) is 10.3 Å². The molecule has 1 atom stereocenters. The van der Waals surface area contributed by atoms with E-state index >= 15 is 0 Å². The van der Waals surface area contributed by atoms with Crippen LogP contribution in [0.4, 0.5) is 5.69 Å². The Labute approximate surface area is 123 Å². The van der Waals surface area contributed by atoms with Gasteiger partial charge in [0.2, 0.25) is 0 Å². The first-order valence-corrected chi connectivity index (χ1v) is 7.08. The number of rotatable bonds is 2. The van der Waals surface area contributed by atoms with E-state index in [2.05, 4.69) is 39.0 Å². The number of anilines is 1. The Hall–Kier alpha value is -1.99. The van der Waals surface area contributed by atoms with Crippen LogP contribution in [0.5, 0.6) is 0 Å². The SMILES string of the molecule is CN1CCCN(C)C(c2noc(-c3ncccc3N)n2)C1. The summed E-state index contributed by atoms with van der Waals surface area (Å²) in [5.41, 5.74) is 6.99. The van der Waals surface area contributed by atoms with Gasteiger partial charge in [0, 0.05) is 12.7 Å². The summed E-state index contributed by atoms with van der Waals surface area (Å²) in [5.74, 6) is 1.06. The maximum Gasteiger partial charge on any atom is 0.278 e. The van der Waals surface area contributed by atoms with E-state index in [-0.39, 0.29) is 6.04 Å². The Kier molecular flexibility index (Phi) is 3.85. The molecule has 21 heavy (non-hydrogen) atoms. The fourth-order valence-corrected chi connectivity index (χ4v) is 2.61. The van der Waals surface area contributed by atoms with Gasteiger partial charge in [-0.25, -0.2) is 4.98 Å². The van der Waals surface area contributed by atoms with Crippen molar-refractivity contribution < 1.29 is 4.52 Å². The lowest BCUT2D eigenvalue weighted by molar-refractivity contribution is 0.215. The van der Waals surface area contributed by atoms with Gasteiger partial charge in [-0.2, -0.15) is 4.98 Å². The Morgan fingerprint density at radius 1 is 1.33 bits per heavy atom. The van der Waals surface area contributed by atoms with Gasteiger partial charge in [-0.15, -0.1) is 0 Å². The number of nitrogens with two attached hydrogens (primary N) is 1. The monoisotopic (exact) mass is 288 g/mol. The van der Waals surface area contributed by atoms with Crippen molar-refractivity contribution in [1.29, 1.82) is 0 Å². The molecule has 0 bridgehead atoms. The topological polar surface area (TPSA) is 84.3 Å². The molecule has 7 nitrogen and oxygen atoms in total. The molecule has 2 N–H and O–H groups in total. The van der Waals surface area contributed by atoms with Gasteiger partial charge in [-0.1, -0.05) is 5.16 Å². The summed E-state index contributed by atoms with van der Waals surface area (Å²) >= 11 is 0. The normalized spacial score (nSPS) is 21.3. The first-order chi connectivity index (χ1) is 10.1. The van der Waals surface area contributed by atoms with E-state index in [0.29, 0.717) is 23.1 Å². The van der Waals surface area contributed by atoms with Gasteiger partial charge in [-0.3, -0.25) is 4.90 Å². The van der Waals surface area contributed by atoms with Crippen LogP contribution in [0.15, 0.2) is 22.9 Å². The van der Waals surface area contributed by atoms with Crippen LogP contribution in [-0.4, -0.2) is 58.7 Å². The van der Waals surface area contributed by atoms with E-state index in [9.17, 15) is 0 Å². The molecule has 0 radical (unpaired) electrons. The lowest BCUT2D eigenvalue weighted by atomic mass is 10.2. The largest absolute Gasteiger partial charge is 0.397 e. The van der Waals surface area contributed by atoms with Crippen molar-refractivity contribution in [2.75, 3.05) is 39.5 Å². The maximum absolute atomic E-state index is 5.91. The molecule has 1 aliphatic rings. The van der Waals surface area contributed by atoms with Gasteiger partial charge in [0.25, 0.3) is 5.89 Å². The molecule has 3 rings (SSSR count). The van der Waals surface area contributed by atoms with Crippen LogP contribution in [0.1, 0.15) is 18.3 Å². The summed E-state index contributed by atoms with van der Waals surface area (Å²) in [6, 6.07) is 3.68. The number of aromatic nitrogens is 3. The third-order valence-corrected chi connectivity index (χ3v) is 3.85. The smallest absolute Gasteiger partial charge is 0.278 e. The van der Waals surface area contributed by atoms with Crippen LogP contribution in [0.2, 0.25) is 0 Å². The van der Waals surface area contributed by atoms with Crippen LogP contribution in [0.25, 0.3) is 11.6 Å². The number of hydrogen-bond donors (Lipinski definition) is 1. The molecular weight excluding hydrogens is 268 g/mol. The zero-order chi connectivity index (χ0) is 14.8. The molecule has 1 saturated heterocycles. The minimum atomic E-state index is 0.125. The van der Waals surface area contributed by atoms with Crippen LogP contribution < -0.4 is 5.73 Å². The molecule has 1 unspecified atom stereocenters. The third-order valence-electron chi connectivity index (χ3n) is 3.85. The van der Waals surface area contributed by atoms with E-state index in [1.54, 1.807) is 18.3 Å². The highest BCUT2D eigenvalue weighted by Crippen LogP contribution is 2.25. The Morgan fingerprint density at radius 2 is 2.19 bits per heavy atom. The van der Waals surface area contributed by atoms with Crippen LogP contribution in [0, 0.1) is 0 Å². The molecule has 1 fully saturated rings. The van der Waals surface area contributed by atoms with Crippen molar-refractivity contribution in [2.45, 2.75) is 12.5 Å². The molecule has 2 aromatic heterocycles. The maximum atomic E-state index is 5.91. The van der Waals surface area contributed by atoms with Gasteiger partial charge in [-0.05, 0) is 45.7 Å². The second-order valence-electron chi connectivity index (χ2n) is 5.51. The van der Waals surface area contributed by atoms with Crippen LogP contribution >= 0.6 is 0 Å². The molecule has 0 aromatic carbocycles. The standard InChI is InChI=1S/C14H20N6O/c1-19-7-4-8-20(2)11(9-19)13-17-14(21-18-13)12-10(15)5-3-6-16-12/h3,5-6,11H,4,7-9,15H2,1-2H3. The number of pyridine rings is 1. The third kappa shape index (κ3) is 2.88. The van der Waals surface area contributed by atoms with Crippen LogP contribution in [0.3, 0.4) is 0 Å². The molecular formula is C14H20N6O. The minimum absolute atomic E-state index is 0.125. The van der Waals surface area contributed by atoms with Crippen molar-refractivity contribution in [3.05, 3.63) is 24.2 Å². The van der Waals surface area contributed by atoms with Gasteiger partial charge >= 0.3 is 0 Å². The second-order valence-corrected chi connectivity index (χ2v) is 5.51. The molecule has 1 aliphatic heterocycles. The molecule has 3 heterocycles. The van der Waals surface area contributed by atoms with Gasteiger partial charge < -0.3 is 15.2 Å². The van der Waals surface area contributed by atoms with E-state index in [1.165, 1.54) is 0 Å². The van der Waals surface area contributed by atoms with Crippen molar-refractivity contribution in [1.82, 2.24) is 24.9 Å². The average Bonchev–Trinajstić information content (AvgIpc) is 2.88. The highest BCUT2D eigenvalue weighted by molar-refractivity contribution is 5.65. The average molecular weight is 288 g/mol. The summed E-state index contributed by atoms with van der Waals surface area (Å²) in [6.07, 6.45) is 2.81. The predicted octanol–water partition coefficient (Wildman–Crippen LogP) is 1.02. The highest BCUT2D eigenvalue weighted by Gasteiger charge is 2.27. The molecule has 0 spiro atoms. The van der Waals surface area contributed by atoms with E-state index in [0.717, 1.165) is 26.1 Å². The molecule has 0 aliphatic carbocycles. The molecule has 112 valence electrons. The van der Waals surface area contributed by atoms with Gasteiger partial charge in [0.05, 0.1) is 11.7 Å². The number of nitrogens with zero attached hydrogens (tertiary/aromatic N) is 5. The lowest BCUT2D eigenvalue weighted by Gasteiger charge is -2.24. The van der Waals surface area contributed by atoms with Gasteiger partial charge in [0.1, 0.15) is 0 Å². The molecule has 7 heteroatoms. The molecule has 2 aromatic rings. The van der Waals surface area contributed by atoms with Crippen molar-refractivity contribution in [3.63, 3.8) is 0 Å². The van der Waals surface area contributed by atoms with E-state index in [1.807, 2.05) is 0 Å². The number of nitrogen functional groups attached to an aromatic ring is 1. The van der Waals surface area contributed by atoms with Gasteiger partial charge in [0.15, 0.2) is 11.5 Å². The Morgan fingerprint density at radius 3 is 3.00 bits per heavy atom. The zero-order valence-corrected chi connectivity index (χ0v) is 12.4. The fraction of sp³-hybridized carbons (Fsp3) is 0.500. The first-order valence-electron chi connectivity index (χ1n) is 7.08. The summed E-state index contributed by atoms with van der Waals surface area (Å²) in [5, 5.41) is 4.13. The summed E-state index contributed by atoms with van der Waals surface area (Å²) in [6.45, 7) is 2.98. The summed E-state index contributed by atoms with van der Waals surface area (Å²) < 4.78 is 5.36. The van der Waals surface area contributed by atoms with Crippen LogP contribution in [-0.2, 0) is 0 Å². The first kappa shape index (κ1) is 14.0. The second kappa shape index (κ2) is 5.79. The van der Waals surface area contributed by atoms with E-state index < -0.39 is 0 Å². The summed E-state index contributed by atoms with van der Waals surface area (Å²) in [4.78, 5) is 13.3. The lowest BCUT2D eigenvalue weighted by Crippen LogP contribution is -2.31. The molecule has 0 saturated carbocycles. The zero-order valence-electron chi connectivity index (χ0n) is 12.4. The van der Waals surface area contributed by atoms with Crippen molar-refractivity contribution in [3.8, 4) is 11.6 Å². The fourth-order valence-electron chi connectivity index (χ4n) is 2.61. The predicted molar refractivity (Wildman–Crippen MR) is 79.4 cm³/mol. The Balaban J connectivity index is 1.89. The quantitative estimate of drug-likeness (QED) is 0.883. The minimum Gasteiger partial charge on any atom is -0.397 e. The summed E-state index contributed by atoms with van der Waals surface area (Å²) in [7, 11) is 4.21. The highest BCUT2D eigenvalue weighted by atomic mass is 16.5. The molecule has 0 amide bonds. The number of hydrogen-bond acceptors (Lipinski definition) is 7. The number of likely N-dealkylation sites (N-methyl/N-ethyl adjacent to an activating group) is 2. The Bertz CT molecular complexity index is 613. The van der Waals surface area contributed by atoms with Crippen molar-refractivity contribution >= 4 is 5.69 Å². The van der Waals surface area contributed by atoms with Crippen molar-refractivity contribution in [2.24, 2.45) is 0 Å².